The largest absolute Gasteiger partial charge is 0.357 e. The van der Waals surface area contributed by atoms with Crippen LogP contribution in [0.2, 0.25) is 5.02 Å². The van der Waals surface area contributed by atoms with Gasteiger partial charge >= 0.3 is 0 Å². The lowest BCUT2D eigenvalue weighted by molar-refractivity contribution is 0.0963. The van der Waals surface area contributed by atoms with Gasteiger partial charge in [0.15, 0.2) is 5.96 Å². The molecule has 3 N–H and O–H groups in total. The lowest BCUT2D eigenvalue weighted by Gasteiger charge is -2.12. The summed E-state index contributed by atoms with van der Waals surface area (Å²) in [5, 5.41) is 10.0. The summed E-state index contributed by atoms with van der Waals surface area (Å²) in [5.74, 6) is 0.756. The minimum absolute atomic E-state index is 0. The highest BCUT2D eigenvalue weighted by molar-refractivity contribution is 14.0. The van der Waals surface area contributed by atoms with Crippen molar-refractivity contribution in [1.82, 2.24) is 16.0 Å². The molecule has 2 aromatic rings. The van der Waals surface area contributed by atoms with Gasteiger partial charge in [-0.2, -0.15) is 0 Å². The first kappa shape index (κ1) is 25.2. The van der Waals surface area contributed by atoms with E-state index in [1.165, 1.54) is 5.56 Å². The molecule has 0 bridgehead atoms. The number of hydrogen-bond donors (Lipinski definition) is 3. The molecule has 0 atom stereocenters. The number of nitrogens with one attached hydrogen (secondary N) is 3. The zero-order valence-corrected chi connectivity index (χ0v) is 20.1. The van der Waals surface area contributed by atoms with E-state index in [0.29, 0.717) is 5.56 Å². The highest BCUT2D eigenvalue weighted by Gasteiger charge is 2.04. The molecule has 0 spiro atoms. The van der Waals surface area contributed by atoms with Crippen molar-refractivity contribution in [3.63, 3.8) is 0 Å². The Morgan fingerprint density at radius 2 is 1.79 bits per heavy atom. The third kappa shape index (κ3) is 9.49. The number of carbonyl (C=O) groups excluding carboxylic acids is 1. The van der Waals surface area contributed by atoms with Crippen molar-refractivity contribution in [3.05, 3.63) is 70.2 Å². The molecule has 0 radical (unpaired) electrons. The Labute approximate surface area is 195 Å². The van der Waals surface area contributed by atoms with Crippen LogP contribution in [0.15, 0.2) is 53.5 Å². The number of benzene rings is 2. The summed E-state index contributed by atoms with van der Waals surface area (Å²) < 4.78 is 0. The van der Waals surface area contributed by atoms with E-state index in [2.05, 4.69) is 40.0 Å². The first-order chi connectivity index (χ1) is 13.6. The molecule has 29 heavy (non-hydrogen) atoms. The average molecular weight is 529 g/mol. The number of aliphatic imine (C=N–C) groups is 1. The standard InChI is InChI=1S/C22H29ClN4O.HI/c1-3-25-22(26-14-5-7-17-9-11-20(23)12-10-17)27-15-13-18-6-4-8-19(16-18)21(28)24-2;/h4,6,8-12,16H,3,5,7,13-15H2,1-2H3,(H,24,28)(H2,25,26,27);1H. The van der Waals surface area contributed by atoms with Gasteiger partial charge in [-0.25, -0.2) is 0 Å². The number of guanidine groups is 1. The van der Waals surface area contributed by atoms with Crippen molar-refractivity contribution in [2.45, 2.75) is 26.2 Å². The highest BCUT2D eigenvalue weighted by Crippen LogP contribution is 2.11. The molecule has 5 nitrogen and oxygen atoms in total. The summed E-state index contributed by atoms with van der Waals surface area (Å²) in [5.41, 5.74) is 3.07. The molecular weight excluding hydrogens is 499 g/mol. The number of rotatable bonds is 9. The maximum Gasteiger partial charge on any atom is 0.251 e. The van der Waals surface area contributed by atoms with E-state index in [-0.39, 0.29) is 29.9 Å². The second-order valence-electron chi connectivity index (χ2n) is 6.45. The van der Waals surface area contributed by atoms with Gasteiger partial charge < -0.3 is 16.0 Å². The van der Waals surface area contributed by atoms with E-state index in [1.807, 2.05) is 36.4 Å². The highest BCUT2D eigenvalue weighted by atomic mass is 127. The lowest BCUT2D eigenvalue weighted by Crippen LogP contribution is -2.38. The van der Waals surface area contributed by atoms with Crippen LogP contribution in [0.5, 0.6) is 0 Å². The molecule has 0 aromatic heterocycles. The van der Waals surface area contributed by atoms with Crippen LogP contribution in [-0.4, -0.2) is 38.5 Å². The van der Waals surface area contributed by atoms with Crippen molar-refractivity contribution >= 4 is 47.4 Å². The van der Waals surface area contributed by atoms with Crippen molar-refractivity contribution < 1.29 is 4.79 Å². The van der Waals surface area contributed by atoms with E-state index in [4.69, 9.17) is 11.6 Å². The van der Waals surface area contributed by atoms with E-state index >= 15 is 0 Å². The van der Waals surface area contributed by atoms with Crippen molar-refractivity contribution in [1.29, 1.82) is 0 Å². The molecule has 0 aliphatic carbocycles. The zero-order chi connectivity index (χ0) is 20.2. The smallest absolute Gasteiger partial charge is 0.251 e. The van der Waals surface area contributed by atoms with E-state index < -0.39 is 0 Å². The van der Waals surface area contributed by atoms with Crippen LogP contribution in [0.3, 0.4) is 0 Å². The quantitative estimate of drug-likeness (QED) is 0.199. The monoisotopic (exact) mass is 528 g/mol. The fourth-order valence-electron chi connectivity index (χ4n) is 2.80. The van der Waals surface area contributed by atoms with Crippen LogP contribution in [0.1, 0.15) is 34.8 Å². The first-order valence-corrected chi connectivity index (χ1v) is 10.1. The van der Waals surface area contributed by atoms with Crippen LogP contribution in [0.4, 0.5) is 0 Å². The summed E-state index contributed by atoms with van der Waals surface area (Å²) in [6, 6.07) is 15.7. The summed E-state index contributed by atoms with van der Waals surface area (Å²) in [7, 11) is 1.64. The van der Waals surface area contributed by atoms with Crippen LogP contribution in [0.25, 0.3) is 0 Å². The molecule has 0 aliphatic rings. The molecule has 158 valence electrons. The SMILES string of the molecule is CCNC(=NCCCc1ccc(Cl)cc1)NCCc1cccc(C(=O)NC)c1.I. The molecule has 0 aliphatic heterocycles. The normalized spacial score (nSPS) is 10.8. The third-order valence-corrected chi connectivity index (χ3v) is 4.53. The van der Waals surface area contributed by atoms with Gasteiger partial charge in [0, 0.05) is 37.3 Å². The van der Waals surface area contributed by atoms with E-state index in [0.717, 1.165) is 55.4 Å². The maximum absolute atomic E-state index is 11.7. The van der Waals surface area contributed by atoms with Crippen LogP contribution in [0, 0.1) is 0 Å². The van der Waals surface area contributed by atoms with Crippen LogP contribution < -0.4 is 16.0 Å². The fraction of sp³-hybridized carbons (Fsp3) is 0.364. The fourth-order valence-corrected chi connectivity index (χ4v) is 2.93. The number of amides is 1. The Hall–Kier alpha value is -1.80. The maximum atomic E-state index is 11.7. The average Bonchev–Trinajstić information content (AvgIpc) is 2.72. The molecule has 0 unspecified atom stereocenters. The third-order valence-electron chi connectivity index (χ3n) is 4.27. The Bertz CT molecular complexity index is 781. The van der Waals surface area contributed by atoms with Gasteiger partial charge in [-0.1, -0.05) is 35.9 Å². The predicted octanol–water partition coefficient (Wildman–Crippen LogP) is 4.05. The van der Waals surface area contributed by atoms with Gasteiger partial charge in [0.2, 0.25) is 0 Å². The molecule has 2 rings (SSSR count). The van der Waals surface area contributed by atoms with Gasteiger partial charge in [0.1, 0.15) is 0 Å². The van der Waals surface area contributed by atoms with Gasteiger partial charge in [-0.05, 0) is 61.6 Å². The second kappa shape index (κ2) is 14.2. The number of hydrogen-bond acceptors (Lipinski definition) is 2. The van der Waals surface area contributed by atoms with Crippen LogP contribution in [-0.2, 0) is 12.8 Å². The minimum Gasteiger partial charge on any atom is -0.357 e. The Balaban J connectivity index is 0.00000420. The summed E-state index contributed by atoms with van der Waals surface area (Å²) in [6.45, 7) is 4.37. The van der Waals surface area contributed by atoms with Gasteiger partial charge in [0.25, 0.3) is 5.91 Å². The second-order valence-corrected chi connectivity index (χ2v) is 6.88. The summed E-state index contributed by atoms with van der Waals surface area (Å²) >= 11 is 5.92. The van der Waals surface area contributed by atoms with Crippen molar-refractivity contribution in [3.8, 4) is 0 Å². The number of aryl methyl sites for hydroxylation is 1. The van der Waals surface area contributed by atoms with Gasteiger partial charge in [0.05, 0.1) is 0 Å². The molecule has 0 saturated carbocycles. The topological polar surface area (TPSA) is 65.5 Å². The summed E-state index contributed by atoms with van der Waals surface area (Å²) in [6.07, 6.45) is 2.78. The van der Waals surface area contributed by atoms with Crippen molar-refractivity contribution in [2.24, 2.45) is 4.99 Å². The van der Waals surface area contributed by atoms with Gasteiger partial charge in [-0.15, -0.1) is 24.0 Å². The number of nitrogens with zero attached hydrogens (tertiary/aromatic N) is 1. The minimum atomic E-state index is -0.0644. The predicted molar refractivity (Wildman–Crippen MR) is 133 cm³/mol. The molecule has 2 aromatic carbocycles. The van der Waals surface area contributed by atoms with Crippen LogP contribution >= 0.6 is 35.6 Å². The molecule has 0 heterocycles. The zero-order valence-electron chi connectivity index (χ0n) is 17.0. The Morgan fingerprint density at radius 1 is 1.03 bits per heavy atom. The van der Waals surface area contributed by atoms with E-state index in [1.54, 1.807) is 7.05 Å². The lowest BCUT2D eigenvalue weighted by atomic mass is 10.1. The number of carbonyl (C=O) groups is 1. The molecule has 1 amide bonds. The summed E-state index contributed by atoms with van der Waals surface area (Å²) in [4.78, 5) is 16.4. The van der Waals surface area contributed by atoms with Gasteiger partial charge in [-0.3, -0.25) is 9.79 Å². The Kier molecular flexibility index (Phi) is 12.4. The van der Waals surface area contributed by atoms with E-state index in [9.17, 15) is 4.79 Å². The number of halogens is 2. The first-order valence-electron chi connectivity index (χ1n) is 9.70. The molecule has 0 saturated heterocycles. The molecule has 7 heteroatoms. The molecule has 0 fully saturated rings. The Morgan fingerprint density at radius 3 is 2.48 bits per heavy atom. The molecular formula is C22H30ClIN4O. The van der Waals surface area contributed by atoms with Crippen molar-refractivity contribution in [2.75, 3.05) is 26.7 Å².